The van der Waals surface area contributed by atoms with Crippen LogP contribution in [0.25, 0.3) is 0 Å². The molecule has 0 saturated heterocycles. The van der Waals surface area contributed by atoms with E-state index in [9.17, 15) is 4.39 Å². The third kappa shape index (κ3) is 28.0. The van der Waals surface area contributed by atoms with Crippen LogP contribution in [0.3, 0.4) is 0 Å². The first-order valence-electron chi connectivity index (χ1n) is 36.4. The number of rotatable bonds is 16. The molecule has 0 radical (unpaired) electrons. The Morgan fingerprint density at radius 3 is 1.17 bits per heavy atom. The van der Waals surface area contributed by atoms with Crippen LogP contribution in [0.15, 0.2) is 329 Å². The summed E-state index contributed by atoms with van der Waals surface area (Å²) < 4.78 is 25.6. The maximum atomic E-state index is 13.5. The quantitative estimate of drug-likeness (QED) is 0.0540. The molecular weight excluding hydrogens is 1480 g/mol. The number of nitrogens with zero attached hydrogens (tertiary/aromatic N) is 18. The van der Waals surface area contributed by atoms with Crippen molar-refractivity contribution in [3.05, 3.63) is 359 Å². The Labute approximate surface area is 701 Å². The number of para-hydroxylation sites is 4. The second kappa shape index (κ2) is 47.3. The van der Waals surface area contributed by atoms with Gasteiger partial charge in [0.25, 0.3) is 0 Å². The Bertz CT molecular complexity index is 5100. The molecule has 2 aliphatic heterocycles. The number of hydrogen-bond acceptors (Lipinski definition) is 12. The SMILES string of the molecule is C.C.C.C.C.CN(N=Cc1cc[n+](C)cc1)c1ccc(Cl)cc1.CN(N=Cc1cc[n+](C)cc1)c1ccccc1F.CN(N=Cc1cccc[n+]1C)c1ccc(Cl)cc1.CN(N=Cc1cccc[n+]1C)c1ccccc1.C[n+]1ccc(C=NN2c3ccccc3C(C)(C)C2(C)C)cc1.C[n+]1ccccc1C=NN1CCc2ccccc21. The van der Waals surface area contributed by atoms with Crippen molar-refractivity contribution in [3.63, 3.8) is 0 Å². The van der Waals surface area contributed by atoms with Crippen LogP contribution in [0.4, 0.5) is 38.5 Å². The van der Waals surface area contributed by atoms with Crippen LogP contribution in [0.2, 0.25) is 10.0 Å². The number of anilines is 6. The predicted octanol–water partition coefficient (Wildman–Crippen LogP) is 17.9. The van der Waals surface area contributed by atoms with E-state index in [1.54, 1.807) is 31.5 Å². The first-order chi connectivity index (χ1) is 53.4. The lowest BCUT2D eigenvalue weighted by Crippen LogP contribution is -2.48. The summed E-state index contributed by atoms with van der Waals surface area (Å²) in [7, 11) is 19.4. The molecule has 12 aromatic rings. The molecule has 2 aliphatic rings. The lowest BCUT2D eigenvalue weighted by molar-refractivity contribution is -0.672. The summed E-state index contributed by atoms with van der Waals surface area (Å²) in [6, 6.07) is 79.0. The van der Waals surface area contributed by atoms with Gasteiger partial charge >= 0.3 is 0 Å². The maximum absolute atomic E-state index is 13.5. The second-order valence-electron chi connectivity index (χ2n) is 27.4. The number of hydrazone groups is 6. The highest BCUT2D eigenvalue weighted by Crippen LogP contribution is 2.51. The van der Waals surface area contributed by atoms with Crippen LogP contribution in [0.5, 0.6) is 0 Å². The number of pyridine rings is 6. The number of benzene rings is 6. The first kappa shape index (κ1) is 95.9. The zero-order valence-electron chi connectivity index (χ0n) is 65.9. The summed E-state index contributed by atoms with van der Waals surface area (Å²) in [4.78, 5) is 0. The number of fused-ring (bicyclic) bond motifs is 2. The molecule has 0 amide bonds. The molecule has 0 atom stereocenters. The molecule has 116 heavy (non-hydrogen) atoms. The van der Waals surface area contributed by atoms with E-state index in [0.717, 1.165) is 73.8 Å². The van der Waals surface area contributed by atoms with Gasteiger partial charge in [-0.05, 0) is 135 Å². The Hall–Kier alpha value is -12.5. The van der Waals surface area contributed by atoms with E-state index in [1.807, 2.05) is 340 Å². The molecule has 14 rings (SSSR count). The van der Waals surface area contributed by atoms with Crippen LogP contribution < -0.4 is 57.5 Å². The molecule has 18 nitrogen and oxygen atoms in total. The molecule has 8 heterocycles. The minimum Gasteiger partial charge on any atom is -0.269 e. The topological polar surface area (TPSA) is 117 Å². The monoisotopic (exact) mass is 1600 g/mol. The molecule has 0 N–H and O–H groups in total. The van der Waals surface area contributed by atoms with E-state index in [0.29, 0.717) is 5.69 Å². The zero-order valence-corrected chi connectivity index (χ0v) is 67.4. The van der Waals surface area contributed by atoms with Crippen molar-refractivity contribution in [3.8, 4) is 0 Å². The highest BCUT2D eigenvalue weighted by atomic mass is 35.5. The molecule has 6 aromatic carbocycles. The minimum atomic E-state index is -0.281. The molecule has 0 spiro atoms. The molecule has 0 bridgehead atoms. The lowest BCUT2D eigenvalue weighted by atomic mass is 9.73. The van der Waals surface area contributed by atoms with Crippen LogP contribution in [0, 0.1) is 5.82 Å². The largest absolute Gasteiger partial charge is 0.269 e. The third-order valence-corrected chi connectivity index (χ3v) is 19.4. The van der Waals surface area contributed by atoms with Gasteiger partial charge in [-0.3, -0.25) is 30.1 Å². The summed E-state index contributed by atoms with van der Waals surface area (Å²) in [5.74, 6) is -0.281. The van der Waals surface area contributed by atoms with Gasteiger partial charge < -0.3 is 0 Å². The van der Waals surface area contributed by atoms with Crippen molar-refractivity contribution in [2.75, 3.05) is 64.8 Å². The van der Waals surface area contributed by atoms with Gasteiger partial charge in [0, 0.05) is 140 Å². The molecule has 0 saturated carbocycles. The van der Waals surface area contributed by atoms with Crippen molar-refractivity contribution < 1.29 is 31.8 Å². The molecule has 0 fully saturated rings. The van der Waals surface area contributed by atoms with E-state index in [2.05, 4.69) is 135 Å². The summed E-state index contributed by atoms with van der Waals surface area (Å²) in [5, 5.41) is 39.5. The fourth-order valence-electron chi connectivity index (χ4n) is 11.3. The molecule has 0 aliphatic carbocycles. The number of aryl methyl sites for hydroxylation is 6. The number of halogens is 3. The first-order valence-corrected chi connectivity index (χ1v) is 37.1. The highest BCUT2D eigenvalue weighted by Gasteiger charge is 2.51. The van der Waals surface area contributed by atoms with E-state index in [-0.39, 0.29) is 53.9 Å². The Morgan fingerprint density at radius 2 is 0.724 bits per heavy atom. The van der Waals surface area contributed by atoms with Gasteiger partial charge in [0.15, 0.2) is 55.8 Å². The maximum Gasteiger partial charge on any atom is 0.225 e. The molecule has 0 unspecified atom stereocenters. The Morgan fingerprint density at radius 1 is 0.362 bits per heavy atom. The Kier molecular flexibility index (Phi) is 39.1. The molecule has 21 heteroatoms. The van der Waals surface area contributed by atoms with Crippen molar-refractivity contribution in [2.45, 2.75) is 82.2 Å². The molecular formula is C95H121Cl2FN18+6. The number of aromatic nitrogens is 6. The van der Waals surface area contributed by atoms with Crippen LogP contribution >= 0.6 is 23.2 Å². The van der Waals surface area contributed by atoms with E-state index in [1.165, 1.54) is 33.6 Å². The van der Waals surface area contributed by atoms with Gasteiger partial charge in [-0.25, -0.2) is 31.8 Å². The summed E-state index contributed by atoms with van der Waals surface area (Å²) in [6.07, 6.45) is 30.1. The normalized spacial score (nSPS) is 12.4. The summed E-state index contributed by atoms with van der Waals surface area (Å²) in [5.41, 5.74) is 15.0. The van der Waals surface area contributed by atoms with Crippen molar-refractivity contribution in [2.24, 2.45) is 72.9 Å². The standard InChI is InChI=1S/C19H24N3.C15H16N3.2C14H15ClN3.C14H15FN3.C14H16N3.5CH4/c1-18(2)16-8-6-7-9-17(16)22(19(18,3)4)20-14-15-10-12-21(5)13-11-15;1-17-10-5-4-7-14(17)12-16-18-11-9-13-6-2-3-8-15(13)18;1-17-9-7-12(8-10-17)11-16-18(2)14-5-3-13(15)4-6-14;1-17-10-4-3-5-14(17)11-16-18(2)13-8-6-12(15)7-9-13;1-17-9-7-12(8-10-17)11-16-18(2)14-6-4-3-5-13(14)15;1-16-11-7-6-10-14(16)12-15-17(2)13-8-4-3-5-9-13;;;;;/h6-14H,1-5H3;2-8,10,12H,9,11H2,1H3;3*3-11H,1-2H3;3-12H,1-2H3;5*1H4/q6*+1;;;;;. The van der Waals surface area contributed by atoms with Crippen molar-refractivity contribution >= 4 is 94.6 Å². The van der Waals surface area contributed by atoms with Crippen molar-refractivity contribution in [1.29, 1.82) is 0 Å². The Balaban J connectivity index is 0.000000291. The third-order valence-electron chi connectivity index (χ3n) is 18.9. The fourth-order valence-corrected chi connectivity index (χ4v) is 11.6. The van der Waals surface area contributed by atoms with Gasteiger partial charge in [0.1, 0.15) is 66.7 Å². The lowest BCUT2D eigenvalue weighted by Gasteiger charge is -2.39. The highest BCUT2D eigenvalue weighted by molar-refractivity contribution is 6.31. The average Bonchev–Trinajstić information content (AvgIpc) is 1.57. The van der Waals surface area contributed by atoms with Gasteiger partial charge in [-0.2, -0.15) is 30.6 Å². The molecule has 6 aromatic heterocycles. The van der Waals surface area contributed by atoms with Crippen molar-refractivity contribution in [1.82, 2.24) is 0 Å². The van der Waals surface area contributed by atoms with Crippen LogP contribution in [0.1, 0.15) is 110 Å². The van der Waals surface area contributed by atoms with Crippen LogP contribution in [-0.4, -0.2) is 77.6 Å². The molecule has 606 valence electrons. The van der Waals surface area contributed by atoms with E-state index >= 15 is 0 Å². The number of hydrogen-bond donors (Lipinski definition) is 0. The van der Waals surface area contributed by atoms with Gasteiger partial charge in [0.05, 0.1) is 58.3 Å². The smallest absolute Gasteiger partial charge is 0.225 e. The minimum absolute atomic E-state index is 0. The predicted molar refractivity (Wildman–Crippen MR) is 488 cm³/mol. The summed E-state index contributed by atoms with van der Waals surface area (Å²) >= 11 is 11.7. The fraction of sp³-hybridized carbons (Fsp3) is 0.242. The van der Waals surface area contributed by atoms with Crippen LogP contribution in [-0.2, 0) is 54.1 Å². The average molecular weight is 1610 g/mol. The van der Waals surface area contributed by atoms with Gasteiger partial charge in [-0.15, -0.1) is 0 Å². The van der Waals surface area contributed by atoms with Gasteiger partial charge in [0.2, 0.25) is 17.1 Å². The van der Waals surface area contributed by atoms with E-state index < -0.39 is 0 Å². The second-order valence-corrected chi connectivity index (χ2v) is 28.3. The van der Waals surface area contributed by atoms with E-state index in [4.69, 9.17) is 28.3 Å². The van der Waals surface area contributed by atoms with Gasteiger partial charge in [-0.1, -0.05) is 141 Å². The zero-order chi connectivity index (χ0) is 79.3. The summed E-state index contributed by atoms with van der Waals surface area (Å²) in [6.45, 7) is 10.1.